The molecule has 1 aliphatic rings. The van der Waals surface area contributed by atoms with Crippen LogP contribution in [0.4, 0.5) is 4.79 Å². The Balaban J connectivity index is 1.78. The van der Waals surface area contributed by atoms with E-state index in [-0.39, 0.29) is 6.09 Å². The molecule has 5 nitrogen and oxygen atoms in total. The molecule has 1 N–H and O–H groups in total. The molecular weight excluding hydrogens is 290 g/mol. The maximum atomic E-state index is 12.1. The Hall–Kier alpha value is -2.30. The van der Waals surface area contributed by atoms with E-state index in [1.54, 1.807) is 4.90 Å². The van der Waals surface area contributed by atoms with Crippen molar-refractivity contribution in [3.8, 4) is 0 Å². The molecule has 0 aliphatic carbocycles. The molecule has 1 fully saturated rings. The second-order valence-corrected chi connectivity index (χ2v) is 7.08. The summed E-state index contributed by atoms with van der Waals surface area (Å²) in [5.41, 5.74) is 4.13. The van der Waals surface area contributed by atoms with E-state index in [1.807, 2.05) is 39.4 Å². The number of aromatic amines is 1. The van der Waals surface area contributed by atoms with Crippen LogP contribution in [-0.4, -0.2) is 39.7 Å². The van der Waals surface area contributed by atoms with Crippen molar-refractivity contribution < 1.29 is 9.53 Å². The van der Waals surface area contributed by atoms with Gasteiger partial charge in [-0.1, -0.05) is 6.08 Å². The molecule has 0 bridgehead atoms. The van der Waals surface area contributed by atoms with Gasteiger partial charge in [0.15, 0.2) is 0 Å². The fourth-order valence-electron chi connectivity index (χ4n) is 2.90. The third-order valence-corrected chi connectivity index (χ3v) is 3.92. The van der Waals surface area contributed by atoms with E-state index in [0.29, 0.717) is 13.1 Å². The van der Waals surface area contributed by atoms with Crippen LogP contribution in [-0.2, 0) is 4.74 Å². The number of pyridine rings is 1. The van der Waals surface area contributed by atoms with Crippen LogP contribution in [0, 0.1) is 6.92 Å². The number of rotatable bonds is 1. The molecule has 122 valence electrons. The number of carbonyl (C=O) groups excluding carboxylic acids is 1. The van der Waals surface area contributed by atoms with Gasteiger partial charge in [-0.15, -0.1) is 0 Å². The number of aryl methyl sites for hydroxylation is 1. The van der Waals surface area contributed by atoms with Crippen molar-refractivity contribution >= 4 is 23.1 Å². The predicted octanol–water partition coefficient (Wildman–Crippen LogP) is 3.90. The number of ether oxygens (including phenoxy) is 1. The quantitative estimate of drug-likeness (QED) is 0.868. The Morgan fingerprint density at radius 3 is 2.91 bits per heavy atom. The smallest absolute Gasteiger partial charge is 0.410 e. The van der Waals surface area contributed by atoms with Gasteiger partial charge in [0.1, 0.15) is 5.60 Å². The SMILES string of the molecule is Cc1cncc2[nH]cc(/C=C3\CCN(C(=O)OC(C)(C)C)C3)c12. The molecule has 1 aliphatic heterocycles. The van der Waals surface area contributed by atoms with E-state index in [4.69, 9.17) is 4.74 Å². The minimum atomic E-state index is -0.454. The fraction of sp³-hybridized carbons (Fsp3) is 0.444. The summed E-state index contributed by atoms with van der Waals surface area (Å²) in [6, 6.07) is 0. The number of fused-ring (bicyclic) bond motifs is 1. The predicted molar refractivity (Wildman–Crippen MR) is 91.2 cm³/mol. The maximum Gasteiger partial charge on any atom is 0.410 e. The Kier molecular flexibility index (Phi) is 3.88. The van der Waals surface area contributed by atoms with Gasteiger partial charge in [0.25, 0.3) is 0 Å². The lowest BCUT2D eigenvalue weighted by atomic mass is 10.1. The van der Waals surface area contributed by atoms with Crippen molar-refractivity contribution in [2.45, 2.75) is 39.7 Å². The van der Waals surface area contributed by atoms with Gasteiger partial charge in [-0.3, -0.25) is 4.98 Å². The van der Waals surface area contributed by atoms with Crippen LogP contribution in [0.3, 0.4) is 0 Å². The van der Waals surface area contributed by atoms with Gasteiger partial charge in [-0.05, 0) is 45.3 Å². The third kappa shape index (κ3) is 3.38. The monoisotopic (exact) mass is 313 g/mol. The zero-order valence-electron chi connectivity index (χ0n) is 14.1. The molecule has 1 saturated heterocycles. The highest BCUT2D eigenvalue weighted by Crippen LogP contribution is 2.26. The summed E-state index contributed by atoms with van der Waals surface area (Å²) in [5.74, 6) is 0. The van der Waals surface area contributed by atoms with Gasteiger partial charge in [0.2, 0.25) is 0 Å². The molecule has 0 saturated carbocycles. The maximum absolute atomic E-state index is 12.1. The highest BCUT2D eigenvalue weighted by atomic mass is 16.6. The van der Waals surface area contributed by atoms with Crippen molar-refractivity contribution in [3.63, 3.8) is 0 Å². The lowest BCUT2D eigenvalue weighted by Crippen LogP contribution is -2.34. The topological polar surface area (TPSA) is 58.2 Å². The van der Waals surface area contributed by atoms with Gasteiger partial charge in [0, 0.05) is 36.4 Å². The lowest BCUT2D eigenvalue weighted by Gasteiger charge is -2.23. The van der Waals surface area contributed by atoms with Crippen LogP contribution in [0.15, 0.2) is 24.2 Å². The van der Waals surface area contributed by atoms with Crippen LogP contribution in [0.2, 0.25) is 0 Å². The van der Waals surface area contributed by atoms with Crippen LogP contribution in [0.1, 0.15) is 38.3 Å². The number of likely N-dealkylation sites (tertiary alicyclic amines) is 1. The summed E-state index contributed by atoms with van der Waals surface area (Å²) in [5, 5.41) is 1.20. The molecule has 1 amide bonds. The summed E-state index contributed by atoms with van der Waals surface area (Å²) in [6.45, 7) is 9.07. The summed E-state index contributed by atoms with van der Waals surface area (Å²) in [7, 11) is 0. The first kappa shape index (κ1) is 15.6. The highest BCUT2D eigenvalue weighted by molar-refractivity contribution is 5.91. The third-order valence-electron chi connectivity index (χ3n) is 3.92. The summed E-state index contributed by atoms with van der Waals surface area (Å²) in [4.78, 5) is 21.4. The number of nitrogens with zero attached hydrogens (tertiary/aromatic N) is 2. The average molecular weight is 313 g/mol. The van der Waals surface area contributed by atoms with E-state index in [1.165, 1.54) is 11.0 Å². The Morgan fingerprint density at radius 1 is 1.39 bits per heavy atom. The standard InChI is InChI=1S/C18H23N3O2/c1-12-8-19-10-15-16(12)14(9-20-15)7-13-5-6-21(11-13)17(22)23-18(2,3)4/h7-10,20H,5-6,11H2,1-4H3/b13-7+. The number of H-pyrrole nitrogens is 1. The zero-order valence-corrected chi connectivity index (χ0v) is 14.1. The van der Waals surface area contributed by atoms with E-state index in [2.05, 4.69) is 23.0 Å². The van der Waals surface area contributed by atoms with Crippen molar-refractivity contribution in [2.24, 2.45) is 0 Å². The number of nitrogens with one attached hydrogen (secondary N) is 1. The molecule has 0 spiro atoms. The first-order valence-electron chi connectivity index (χ1n) is 7.92. The molecule has 5 heteroatoms. The van der Waals surface area contributed by atoms with Crippen LogP contribution in [0.5, 0.6) is 0 Å². The average Bonchev–Trinajstić information content (AvgIpc) is 3.06. The highest BCUT2D eigenvalue weighted by Gasteiger charge is 2.26. The van der Waals surface area contributed by atoms with Crippen molar-refractivity contribution in [3.05, 3.63) is 35.3 Å². The Morgan fingerprint density at radius 2 is 2.17 bits per heavy atom. The molecule has 3 rings (SSSR count). The molecule has 0 radical (unpaired) electrons. The molecule has 3 heterocycles. The van der Waals surface area contributed by atoms with Crippen molar-refractivity contribution in [1.29, 1.82) is 0 Å². The molecule has 2 aromatic heterocycles. The minimum Gasteiger partial charge on any atom is -0.444 e. The second kappa shape index (κ2) is 5.72. The normalized spacial score (nSPS) is 17.2. The summed E-state index contributed by atoms with van der Waals surface area (Å²) in [6.07, 6.45) is 8.54. The largest absolute Gasteiger partial charge is 0.444 e. The lowest BCUT2D eigenvalue weighted by molar-refractivity contribution is 0.0299. The zero-order chi connectivity index (χ0) is 16.6. The van der Waals surface area contributed by atoms with E-state index in [9.17, 15) is 4.79 Å². The van der Waals surface area contributed by atoms with Crippen LogP contribution >= 0.6 is 0 Å². The number of aromatic nitrogens is 2. The van der Waals surface area contributed by atoms with Gasteiger partial charge in [-0.25, -0.2) is 4.79 Å². The second-order valence-electron chi connectivity index (χ2n) is 7.08. The van der Waals surface area contributed by atoms with E-state index >= 15 is 0 Å². The molecule has 23 heavy (non-hydrogen) atoms. The van der Waals surface area contributed by atoms with E-state index in [0.717, 1.165) is 23.1 Å². The fourth-order valence-corrected chi connectivity index (χ4v) is 2.90. The molecule has 0 atom stereocenters. The summed E-state index contributed by atoms with van der Waals surface area (Å²) < 4.78 is 5.44. The first-order valence-corrected chi connectivity index (χ1v) is 7.92. The van der Waals surface area contributed by atoms with Gasteiger partial charge in [0.05, 0.1) is 11.7 Å². The molecule has 0 unspecified atom stereocenters. The molecular formula is C18H23N3O2. The Bertz CT molecular complexity index is 768. The van der Waals surface area contributed by atoms with Crippen LogP contribution in [0.25, 0.3) is 17.0 Å². The van der Waals surface area contributed by atoms with Gasteiger partial charge < -0.3 is 14.6 Å². The first-order chi connectivity index (χ1) is 10.8. The van der Waals surface area contributed by atoms with Gasteiger partial charge in [-0.2, -0.15) is 0 Å². The van der Waals surface area contributed by atoms with Crippen molar-refractivity contribution in [2.75, 3.05) is 13.1 Å². The minimum absolute atomic E-state index is 0.236. The Labute approximate surface area is 136 Å². The molecule has 0 aromatic carbocycles. The summed E-state index contributed by atoms with van der Waals surface area (Å²) >= 11 is 0. The van der Waals surface area contributed by atoms with Crippen molar-refractivity contribution in [1.82, 2.24) is 14.9 Å². The number of hydrogen-bond donors (Lipinski definition) is 1. The van der Waals surface area contributed by atoms with Crippen LogP contribution < -0.4 is 0 Å². The van der Waals surface area contributed by atoms with Gasteiger partial charge >= 0.3 is 6.09 Å². The molecule has 2 aromatic rings. The number of hydrogen-bond acceptors (Lipinski definition) is 3. The van der Waals surface area contributed by atoms with E-state index < -0.39 is 5.60 Å². The number of carbonyl (C=O) groups is 1. The number of amides is 1.